The molecule has 0 fully saturated rings. The molecule has 0 aliphatic rings. The molecule has 6 heteroatoms. The average molecular weight is 958 g/mol. The van der Waals surface area contributed by atoms with Crippen LogP contribution in [0.4, 0.5) is 0 Å². The normalized spacial score (nSPS) is 12.1. The molecule has 6 nitrogen and oxygen atoms in total. The Balaban J connectivity index is 4.25. The third-order valence-corrected chi connectivity index (χ3v) is 13.7. The van der Waals surface area contributed by atoms with E-state index in [-0.39, 0.29) is 31.1 Å². The summed E-state index contributed by atoms with van der Waals surface area (Å²) in [5, 5.41) is 0. The van der Waals surface area contributed by atoms with Crippen LogP contribution in [0, 0.1) is 0 Å². The number of unbranched alkanes of at least 4 members (excludes halogenated alkanes) is 41. The van der Waals surface area contributed by atoms with E-state index in [1.54, 1.807) is 0 Å². The zero-order chi connectivity index (χ0) is 49.3. The van der Waals surface area contributed by atoms with Gasteiger partial charge in [-0.1, -0.05) is 276 Å². The Morgan fingerprint density at radius 1 is 0.279 bits per heavy atom. The molecule has 0 rings (SSSR count). The first-order valence-electron chi connectivity index (χ1n) is 30.3. The van der Waals surface area contributed by atoms with Crippen LogP contribution in [0.1, 0.15) is 335 Å². The van der Waals surface area contributed by atoms with Crippen LogP contribution in [0.15, 0.2) is 24.3 Å². The van der Waals surface area contributed by atoms with Crippen LogP contribution in [0.5, 0.6) is 0 Å². The molecular weight excluding hydrogens is 841 g/mol. The molecule has 400 valence electrons. The summed E-state index contributed by atoms with van der Waals surface area (Å²) in [5.74, 6) is -0.864. The summed E-state index contributed by atoms with van der Waals surface area (Å²) < 4.78 is 16.9. The van der Waals surface area contributed by atoms with Gasteiger partial charge in [0, 0.05) is 19.3 Å². The quantitative estimate of drug-likeness (QED) is 0.0262. The van der Waals surface area contributed by atoms with E-state index in [0.717, 1.165) is 64.2 Å². The van der Waals surface area contributed by atoms with Gasteiger partial charge in [-0.3, -0.25) is 14.4 Å². The number of esters is 3. The standard InChI is InChI=1S/C62H116O6/c1-4-7-10-13-16-19-22-24-26-28-30-31-32-34-35-37-40-43-46-49-52-55-61(64)67-58-59(57-66-60(63)54-51-48-45-42-39-21-18-15-12-9-6-3)68-62(65)56-53-50-47-44-41-38-36-33-29-27-25-23-20-17-14-11-8-5-2/h15,18,27,29,59H,4-14,16-17,19-26,28,30-58H2,1-3H3/b18-15-,29-27-. The van der Waals surface area contributed by atoms with Crippen LogP contribution in [0.3, 0.4) is 0 Å². The predicted octanol–water partition coefficient (Wildman–Crippen LogP) is 20.3. The van der Waals surface area contributed by atoms with E-state index >= 15 is 0 Å². The summed E-state index contributed by atoms with van der Waals surface area (Å²) >= 11 is 0. The Hall–Kier alpha value is -2.11. The summed E-state index contributed by atoms with van der Waals surface area (Å²) in [5.41, 5.74) is 0. The lowest BCUT2D eigenvalue weighted by Crippen LogP contribution is -2.30. The Labute approximate surface area is 423 Å². The zero-order valence-electron chi connectivity index (χ0n) is 45.9. The molecule has 68 heavy (non-hydrogen) atoms. The molecule has 0 aromatic carbocycles. The number of rotatable bonds is 56. The van der Waals surface area contributed by atoms with Gasteiger partial charge in [0.25, 0.3) is 0 Å². The number of allylic oxidation sites excluding steroid dienone is 4. The lowest BCUT2D eigenvalue weighted by Gasteiger charge is -2.18. The molecule has 1 unspecified atom stereocenters. The second-order valence-corrected chi connectivity index (χ2v) is 20.6. The van der Waals surface area contributed by atoms with E-state index in [4.69, 9.17) is 14.2 Å². The molecule has 0 aliphatic heterocycles. The molecule has 0 aromatic rings. The lowest BCUT2D eigenvalue weighted by molar-refractivity contribution is -0.167. The Bertz CT molecular complexity index is 1100. The third kappa shape index (κ3) is 54.8. The van der Waals surface area contributed by atoms with Gasteiger partial charge in [0.15, 0.2) is 6.10 Å². The average Bonchev–Trinajstić information content (AvgIpc) is 3.34. The largest absolute Gasteiger partial charge is 0.462 e. The molecule has 0 heterocycles. The lowest BCUT2D eigenvalue weighted by atomic mass is 10.0. The first kappa shape index (κ1) is 65.9. The summed E-state index contributed by atoms with van der Waals surface area (Å²) in [4.78, 5) is 38.1. The molecule has 1 atom stereocenters. The molecule has 0 aromatic heterocycles. The van der Waals surface area contributed by atoms with Gasteiger partial charge < -0.3 is 14.2 Å². The van der Waals surface area contributed by atoms with Gasteiger partial charge in [-0.2, -0.15) is 0 Å². The van der Waals surface area contributed by atoms with E-state index in [1.165, 1.54) is 231 Å². The fourth-order valence-electron chi connectivity index (χ4n) is 9.07. The maximum atomic E-state index is 12.9. The first-order chi connectivity index (χ1) is 33.5. The van der Waals surface area contributed by atoms with Gasteiger partial charge in [0.1, 0.15) is 13.2 Å². The molecule has 0 radical (unpaired) electrons. The summed E-state index contributed by atoms with van der Waals surface area (Å²) in [6.45, 7) is 6.64. The highest BCUT2D eigenvalue weighted by Crippen LogP contribution is 2.17. The van der Waals surface area contributed by atoms with Crippen molar-refractivity contribution in [2.75, 3.05) is 13.2 Å². The minimum absolute atomic E-state index is 0.0711. The minimum Gasteiger partial charge on any atom is -0.462 e. The Kier molecular flexibility index (Phi) is 55.7. The van der Waals surface area contributed by atoms with Gasteiger partial charge in [-0.05, 0) is 64.2 Å². The van der Waals surface area contributed by atoms with Gasteiger partial charge in [0.2, 0.25) is 0 Å². The second-order valence-electron chi connectivity index (χ2n) is 20.6. The number of ether oxygens (including phenoxy) is 3. The molecule has 0 aliphatic carbocycles. The highest BCUT2D eigenvalue weighted by molar-refractivity contribution is 5.71. The van der Waals surface area contributed by atoms with Crippen LogP contribution in [-0.4, -0.2) is 37.2 Å². The highest BCUT2D eigenvalue weighted by atomic mass is 16.6. The smallest absolute Gasteiger partial charge is 0.306 e. The van der Waals surface area contributed by atoms with Crippen molar-refractivity contribution >= 4 is 17.9 Å². The van der Waals surface area contributed by atoms with E-state index < -0.39 is 6.10 Å². The van der Waals surface area contributed by atoms with Crippen molar-refractivity contribution in [3.8, 4) is 0 Å². The van der Waals surface area contributed by atoms with Crippen molar-refractivity contribution in [3.05, 3.63) is 24.3 Å². The van der Waals surface area contributed by atoms with Crippen LogP contribution in [-0.2, 0) is 28.6 Å². The first-order valence-corrected chi connectivity index (χ1v) is 30.3. The van der Waals surface area contributed by atoms with E-state index in [1.807, 2.05) is 0 Å². The minimum atomic E-state index is -0.773. The van der Waals surface area contributed by atoms with Crippen molar-refractivity contribution < 1.29 is 28.6 Å². The Morgan fingerprint density at radius 2 is 0.500 bits per heavy atom. The topological polar surface area (TPSA) is 78.9 Å². The molecule has 0 saturated heterocycles. The third-order valence-electron chi connectivity index (χ3n) is 13.7. The number of carbonyl (C=O) groups excluding carboxylic acids is 3. The number of hydrogen-bond donors (Lipinski definition) is 0. The van der Waals surface area contributed by atoms with Crippen LogP contribution >= 0.6 is 0 Å². The van der Waals surface area contributed by atoms with E-state index in [2.05, 4.69) is 45.1 Å². The fraction of sp³-hybridized carbons (Fsp3) is 0.887. The highest BCUT2D eigenvalue weighted by Gasteiger charge is 2.19. The van der Waals surface area contributed by atoms with Crippen molar-refractivity contribution in [2.45, 2.75) is 341 Å². The van der Waals surface area contributed by atoms with Crippen molar-refractivity contribution in [1.29, 1.82) is 0 Å². The summed E-state index contributed by atoms with van der Waals surface area (Å²) in [6.07, 6.45) is 67.5. The molecule has 0 spiro atoms. The predicted molar refractivity (Wildman–Crippen MR) is 293 cm³/mol. The van der Waals surface area contributed by atoms with Crippen LogP contribution in [0.2, 0.25) is 0 Å². The number of hydrogen-bond acceptors (Lipinski definition) is 6. The second kappa shape index (κ2) is 57.5. The van der Waals surface area contributed by atoms with Crippen molar-refractivity contribution in [1.82, 2.24) is 0 Å². The maximum absolute atomic E-state index is 12.9. The maximum Gasteiger partial charge on any atom is 0.306 e. The van der Waals surface area contributed by atoms with Crippen LogP contribution < -0.4 is 0 Å². The van der Waals surface area contributed by atoms with Crippen molar-refractivity contribution in [2.24, 2.45) is 0 Å². The molecule has 0 bridgehead atoms. The van der Waals surface area contributed by atoms with E-state index in [0.29, 0.717) is 19.3 Å². The SMILES string of the molecule is CCCC/C=C\CCCCCCCC(=O)OCC(COC(=O)CCCCCCCCCCCCCCCCCCCCCCC)OC(=O)CCCCCCCCC/C=C\CCCCCCCCC. The van der Waals surface area contributed by atoms with E-state index in [9.17, 15) is 14.4 Å². The Morgan fingerprint density at radius 3 is 0.779 bits per heavy atom. The molecule has 0 amide bonds. The zero-order valence-corrected chi connectivity index (χ0v) is 45.9. The van der Waals surface area contributed by atoms with Gasteiger partial charge in [-0.15, -0.1) is 0 Å². The summed E-state index contributed by atoms with van der Waals surface area (Å²) in [6, 6.07) is 0. The molecule has 0 N–H and O–H groups in total. The van der Waals surface area contributed by atoms with Gasteiger partial charge in [0.05, 0.1) is 0 Å². The molecule has 0 saturated carbocycles. The summed E-state index contributed by atoms with van der Waals surface area (Å²) in [7, 11) is 0. The monoisotopic (exact) mass is 957 g/mol. The number of carbonyl (C=O) groups is 3. The van der Waals surface area contributed by atoms with Crippen LogP contribution in [0.25, 0.3) is 0 Å². The van der Waals surface area contributed by atoms with Gasteiger partial charge >= 0.3 is 17.9 Å². The van der Waals surface area contributed by atoms with Gasteiger partial charge in [-0.25, -0.2) is 0 Å². The fourth-order valence-corrected chi connectivity index (χ4v) is 9.07. The molecular formula is C62H116O6. The van der Waals surface area contributed by atoms with Crippen molar-refractivity contribution in [3.63, 3.8) is 0 Å².